The van der Waals surface area contributed by atoms with E-state index in [1.54, 1.807) is 6.20 Å². The summed E-state index contributed by atoms with van der Waals surface area (Å²) in [6, 6.07) is 1.88. The maximum absolute atomic E-state index is 12.2. The normalized spacial score (nSPS) is 29.6. The predicted octanol–water partition coefficient (Wildman–Crippen LogP) is 3.42. The van der Waals surface area contributed by atoms with Gasteiger partial charge in [-0.1, -0.05) is 18.0 Å². The zero-order valence-corrected chi connectivity index (χ0v) is 11.2. The van der Waals surface area contributed by atoms with Crippen molar-refractivity contribution in [1.29, 1.82) is 0 Å². The van der Waals surface area contributed by atoms with Gasteiger partial charge in [-0.3, -0.25) is 4.79 Å². The zero-order chi connectivity index (χ0) is 12.7. The molecule has 2 saturated carbocycles. The molecule has 1 aromatic rings. The number of nitrogens with zero attached hydrogens (tertiary/aromatic N) is 1. The van der Waals surface area contributed by atoms with Gasteiger partial charge in [-0.2, -0.15) is 0 Å². The van der Waals surface area contributed by atoms with E-state index in [0.29, 0.717) is 11.1 Å². The fraction of sp³-hybridized carbons (Fsp3) is 0.571. The Morgan fingerprint density at radius 3 is 2.89 bits per heavy atom. The Hall–Kier alpha value is -1.09. The van der Waals surface area contributed by atoms with E-state index in [-0.39, 0.29) is 11.8 Å². The fourth-order valence-electron chi connectivity index (χ4n) is 3.43. The van der Waals surface area contributed by atoms with Crippen molar-refractivity contribution in [2.24, 2.45) is 17.8 Å². The summed E-state index contributed by atoms with van der Waals surface area (Å²) in [5, 5.41) is 3.47. The average molecular weight is 265 g/mol. The SMILES string of the molecule is Cc1cc(NC(=O)C2CC3CCC2C3)cnc1Cl. The Morgan fingerprint density at radius 1 is 1.44 bits per heavy atom. The highest BCUT2D eigenvalue weighted by Crippen LogP contribution is 2.48. The molecule has 3 unspecified atom stereocenters. The highest BCUT2D eigenvalue weighted by atomic mass is 35.5. The van der Waals surface area contributed by atoms with Crippen LogP contribution >= 0.6 is 11.6 Å². The number of pyridine rings is 1. The third kappa shape index (κ3) is 2.12. The van der Waals surface area contributed by atoms with Crippen molar-refractivity contribution in [2.45, 2.75) is 32.6 Å². The number of aryl methyl sites for hydroxylation is 1. The highest BCUT2D eigenvalue weighted by Gasteiger charge is 2.42. The number of amides is 1. The summed E-state index contributed by atoms with van der Waals surface area (Å²) in [7, 11) is 0. The second kappa shape index (κ2) is 4.54. The number of carbonyl (C=O) groups excluding carboxylic acids is 1. The van der Waals surface area contributed by atoms with Gasteiger partial charge in [0.25, 0.3) is 0 Å². The van der Waals surface area contributed by atoms with Gasteiger partial charge in [0.2, 0.25) is 5.91 Å². The maximum Gasteiger partial charge on any atom is 0.227 e. The molecule has 0 saturated heterocycles. The molecule has 2 fully saturated rings. The first-order chi connectivity index (χ1) is 8.63. The molecule has 3 nitrogen and oxygen atoms in total. The molecule has 1 N–H and O–H groups in total. The molecule has 1 amide bonds. The van der Waals surface area contributed by atoms with E-state index >= 15 is 0 Å². The summed E-state index contributed by atoms with van der Waals surface area (Å²) in [6.07, 6.45) is 6.48. The van der Waals surface area contributed by atoms with Crippen LogP contribution in [-0.2, 0) is 4.79 Å². The smallest absolute Gasteiger partial charge is 0.227 e. The number of aromatic nitrogens is 1. The number of anilines is 1. The molecule has 3 atom stereocenters. The lowest BCUT2D eigenvalue weighted by atomic mass is 9.88. The van der Waals surface area contributed by atoms with Gasteiger partial charge < -0.3 is 5.32 Å². The van der Waals surface area contributed by atoms with E-state index in [9.17, 15) is 4.79 Å². The van der Waals surface area contributed by atoms with Crippen molar-refractivity contribution < 1.29 is 4.79 Å². The van der Waals surface area contributed by atoms with Gasteiger partial charge in [-0.15, -0.1) is 0 Å². The van der Waals surface area contributed by atoms with Crippen LogP contribution in [0.25, 0.3) is 0 Å². The molecule has 0 aliphatic heterocycles. The quantitative estimate of drug-likeness (QED) is 0.832. The van der Waals surface area contributed by atoms with Crippen molar-refractivity contribution >= 4 is 23.2 Å². The highest BCUT2D eigenvalue weighted by molar-refractivity contribution is 6.30. The molecule has 96 valence electrons. The summed E-state index contributed by atoms with van der Waals surface area (Å²) in [4.78, 5) is 16.3. The third-order valence-electron chi connectivity index (χ3n) is 4.36. The van der Waals surface area contributed by atoms with Gasteiger partial charge >= 0.3 is 0 Å². The second-order valence-corrected chi connectivity index (χ2v) is 5.96. The van der Waals surface area contributed by atoms with Crippen LogP contribution in [0.2, 0.25) is 5.15 Å². The first-order valence-electron chi connectivity index (χ1n) is 6.56. The van der Waals surface area contributed by atoms with Gasteiger partial charge in [0, 0.05) is 5.92 Å². The van der Waals surface area contributed by atoms with Crippen LogP contribution in [-0.4, -0.2) is 10.9 Å². The molecular weight excluding hydrogens is 248 g/mol. The lowest BCUT2D eigenvalue weighted by Crippen LogP contribution is -2.27. The minimum absolute atomic E-state index is 0.158. The number of rotatable bonds is 2. The second-order valence-electron chi connectivity index (χ2n) is 5.60. The first kappa shape index (κ1) is 12.0. The lowest BCUT2D eigenvalue weighted by Gasteiger charge is -2.20. The van der Waals surface area contributed by atoms with Crippen LogP contribution in [0, 0.1) is 24.7 Å². The van der Waals surface area contributed by atoms with Crippen LogP contribution in [0.15, 0.2) is 12.3 Å². The van der Waals surface area contributed by atoms with Crippen molar-refractivity contribution in [3.63, 3.8) is 0 Å². The van der Waals surface area contributed by atoms with Gasteiger partial charge in [0.1, 0.15) is 5.15 Å². The molecule has 1 heterocycles. The molecule has 2 aliphatic carbocycles. The minimum atomic E-state index is 0.158. The molecule has 2 bridgehead atoms. The molecule has 3 rings (SSSR count). The van der Waals surface area contributed by atoms with Gasteiger partial charge in [0.05, 0.1) is 11.9 Å². The summed E-state index contributed by atoms with van der Waals surface area (Å²) >= 11 is 5.87. The minimum Gasteiger partial charge on any atom is -0.324 e. The molecular formula is C14H17ClN2O. The fourth-order valence-corrected chi connectivity index (χ4v) is 3.53. The molecule has 18 heavy (non-hydrogen) atoms. The maximum atomic E-state index is 12.2. The molecule has 0 aromatic carbocycles. The third-order valence-corrected chi connectivity index (χ3v) is 4.75. The van der Waals surface area contributed by atoms with Crippen LogP contribution in [0.5, 0.6) is 0 Å². The summed E-state index contributed by atoms with van der Waals surface area (Å²) in [6.45, 7) is 1.89. The Kier molecular flexibility index (Phi) is 3.02. The van der Waals surface area contributed by atoms with Gasteiger partial charge in [0.15, 0.2) is 0 Å². The number of carbonyl (C=O) groups is 1. The number of fused-ring (bicyclic) bond motifs is 2. The predicted molar refractivity (Wildman–Crippen MR) is 71.6 cm³/mol. The number of nitrogens with one attached hydrogen (secondary N) is 1. The molecule has 2 aliphatic rings. The van der Waals surface area contributed by atoms with E-state index in [1.165, 1.54) is 19.3 Å². The van der Waals surface area contributed by atoms with E-state index < -0.39 is 0 Å². The van der Waals surface area contributed by atoms with E-state index in [4.69, 9.17) is 11.6 Å². The van der Waals surface area contributed by atoms with Crippen LogP contribution in [0.1, 0.15) is 31.2 Å². The summed E-state index contributed by atoms with van der Waals surface area (Å²) in [5.41, 5.74) is 1.65. The molecule has 1 aromatic heterocycles. The average Bonchev–Trinajstić information content (AvgIpc) is 2.96. The van der Waals surface area contributed by atoms with Crippen LogP contribution in [0.3, 0.4) is 0 Å². The van der Waals surface area contributed by atoms with E-state index in [1.807, 2.05) is 13.0 Å². The Labute approximate surface area is 112 Å². The lowest BCUT2D eigenvalue weighted by molar-refractivity contribution is -0.121. The van der Waals surface area contributed by atoms with Crippen LogP contribution in [0.4, 0.5) is 5.69 Å². The van der Waals surface area contributed by atoms with E-state index in [2.05, 4.69) is 10.3 Å². The van der Waals surface area contributed by atoms with Crippen LogP contribution < -0.4 is 5.32 Å². The standard InChI is InChI=1S/C14H17ClN2O/c1-8-4-11(7-16-13(8)15)17-14(18)12-6-9-2-3-10(12)5-9/h4,7,9-10,12H,2-3,5-6H2,1H3,(H,17,18). The van der Waals surface area contributed by atoms with Crippen molar-refractivity contribution in [3.8, 4) is 0 Å². The first-order valence-corrected chi connectivity index (χ1v) is 6.94. The Balaban J connectivity index is 1.69. The number of hydrogen-bond acceptors (Lipinski definition) is 2. The number of hydrogen-bond donors (Lipinski definition) is 1. The van der Waals surface area contributed by atoms with Crippen molar-refractivity contribution in [3.05, 3.63) is 23.0 Å². The van der Waals surface area contributed by atoms with E-state index in [0.717, 1.165) is 23.6 Å². The number of halogens is 1. The largest absolute Gasteiger partial charge is 0.324 e. The molecule has 0 radical (unpaired) electrons. The van der Waals surface area contributed by atoms with Crippen molar-refractivity contribution in [1.82, 2.24) is 4.98 Å². The zero-order valence-electron chi connectivity index (χ0n) is 10.4. The Bertz CT molecular complexity index is 489. The molecule has 4 heteroatoms. The molecule has 0 spiro atoms. The van der Waals surface area contributed by atoms with Crippen molar-refractivity contribution in [2.75, 3.05) is 5.32 Å². The monoisotopic (exact) mass is 264 g/mol. The van der Waals surface area contributed by atoms with Gasteiger partial charge in [-0.25, -0.2) is 4.98 Å². The summed E-state index contributed by atoms with van der Waals surface area (Å²) < 4.78 is 0. The summed E-state index contributed by atoms with van der Waals surface area (Å²) in [5.74, 6) is 1.76. The Morgan fingerprint density at radius 2 is 2.28 bits per heavy atom. The topological polar surface area (TPSA) is 42.0 Å². The van der Waals surface area contributed by atoms with Gasteiger partial charge in [-0.05, 0) is 49.7 Å².